The summed E-state index contributed by atoms with van der Waals surface area (Å²) >= 11 is 0. The molecule has 5 nitrogen and oxygen atoms in total. The molecule has 5 heteroatoms. The highest BCUT2D eigenvalue weighted by atomic mass is 15.2. The molecule has 1 aliphatic rings. The molecule has 1 fully saturated rings. The van der Waals surface area contributed by atoms with E-state index in [0.717, 1.165) is 18.9 Å². The van der Waals surface area contributed by atoms with Crippen LogP contribution in [0, 0.1) is 5.92 Å². The average Bonchev–Trinajstić information content (AvgIpc) is 2.90. The van der Waals surface area contributed by atoms with Crippen LogP contribution < -0.4 is 10.6 Å². The first kappa shape index (κ1) is 14.1. The number of hydrogen-bond donors (Lipinski definition) is 2. The first-order valence-corrected chi connectivity index (χ1v) is 7.31. The van der Waals surface area contributed by atoms with Crippen LogP contribution >= 0.6 is 0 Å². The monoisotopic (exact) mass is 263 g/mol. The van der Waals surface area contributed by atoms with E-state index in [0.29, 0.717) is 11.9 Å². The van der Waals surface area contributed by atoms with Gasteiger partial charge in [-0.25, -0.2) is 4.98 Å². The minimum Gasteiger partial charge on any atom is -0.370 e. The molecular formula is C14H25N5. The highest BCUT2D eigenvalue weighted by molar-refractivity contribution is 5.39. The molecule has 1 saturated heterocycles. The van der Waals surface area contributed by atoms with E-state index in [9.17, 15) is 0 Å². The Labute approximate surface area is 115 Å². The van der Waals surface area contributed by atoms with Gasteiger partial charge in [0.2, 0.25) is 5.95 Å². The van der Waals surface area contributed by atoms with Gasteiger partial charge in [-0.3, -0.25) is 0 Å². The zero-order chi connectivity index (χ0) is 13.5. The van der Waals surface area contributed by atoms with E-state index >= 15 is 0 Å². The van der Waals surface area contributed by atoms with Crippen molar-refractivity contribution in [1.82, 2.24) is 14.9 Å². The highest BCUT2D eigenvalue weighted by Crippen LogP contribution is 2.11. The topological polar surface area (TPSA) is 53.1 Å². The van der Waals surface area contributed by atoms with Crippen LogP contribution in [0.25, 0.3) is 0 Å². The molecule has 0 radical (unpaired) electrons. The summed E-state index contributed by atoms with van der Waals surface area (Å²) < 4.78 is 0. The lowest BCUT2D eigenvalue weighted by molar-refractivity contribution is 0.294. The van der Waals surface area contributed by atoms with Gasteiger partial charge in [-0.05, 0) is 44.8 Å². The molecule has 1 aliphatic heterocycles. The number of rotatable bonds is 7. The summed E-state index contributed by atoms with van der Waals surface area (Å²) in [7, 11) is 0. The lowest BCUT2D eigenvalue weighted by atomic mass is 10.1. The van der Waals surface area contributed by atoms with E-state index < -0.39 is 0 Å². The standard InChI is InChI=1S/C14H25N5/c1-3-15-14-16-7-6-13(18-14)17-10-12(2)11-19-8-4-5-9-19/h6-7,12H,3-5,8-11H2,1-2H3,(H2,15,16,17,18). The number of likely N-dealkylation sites (tertiary alicyclic amines) is 1. The molecule has 0 spiro atoms. The van der Waals surface area contributed by atoms with Crippen molar-refractivity contribution in [1.29, 1.82) is 0 Å². The van der Waals surface area contributed by atoms with Crippen LogP contribution in [0.5, 0.6) is 0 Å². The van der Waals surface area contributed by atoms with Gasteiger partial charge < -0.3 is 15.5 Å². The van der Waals surface area contributed by atoms with Gasteiger partial charge in [-0.2, -0.15) is 4.98 Å². The number of nitrogens with one attached hydrogen (secondary N) is 2. The Balaban J connectivity index is 1.75. The number of nitrogens with zero attached hydrogens (tertiary/aromatic N) is 3. The maximum atomic E-state index is 4.42. The van der Waals surface area contributed by atoms with Crippen LogP contribution in [-0.2, 0) is 0 Å². The molecular weight excluding hydrogens is 238 g/mol. The molecule has 1 aromatic heterocycles. The van der Waals surface area contributed by atoms with Crippen molar-refractivity contribution in [2.45, 2.75) is 26.7 Å². The van der Waals surface area contributed by atoms with E-state index in [1.165, 1.54) is 32.5 Å². The molecule has 106 valence electrons. The zero-order valence-corrected chi connectivity index (χ0v) is 12.0. The lowest BCUT2D eigenvalue weighted by Crippen LogP contribution is -2.29. The lowest BCUT2D eigenvalue weighted by Gasteiger charge is -2.20. The first-order valence-electron chi connectivity index (χ1n) is 7.31. The molecule has 0 saturated carbocycles. The molecule has 0 aromatic carbocycles. The SMILES string of the molecule is CCNc1nccc(NCC(C)CN2CCCC2)n1. The second kappa shape index (κ2) is 7.28. The summed E-state index contributed by atoms with van der Waals surface area (Å²) in [6, 6.07) is 1.92. The fourth-order valence-electron chi connectivity index (χ4n) is 2.45. The van der Waals surface area contributed by atoms with Gasteiger partial charge in [-0.1, -0.05) is 6.92 Å². The minimum atomic E-state index is 0.635. The number of anilines is 2. The Morgan fingerprint density at radius 2 is 2.11 bits per heavy atom. The molecule has 1 unspecified atom stereocenters. The molecule has 2 rings (SSSR count). The maximum Gasteiger partial charge on any atom is 0.224 e. The Hall–Kier alpha value is -1.36. The fourth-order valence-corrected chi connectivity index (χ4v) is 2.45. The zero-order valence-electron chi connectivity index (χ0n) is 12.0. The maximum absolute atomic E-state index is 4.42. The Bertz CT molecular complexity index is 376. The van der Waals surface area contributed by atoms with Crippen LogP contribution in [0.15, 0.2) is 12.3 Å². The third-order valence-corrected chi connectivity index (χ3v) is 3.39. The molecule has 2 N–H and O–H groups in total. The van der Waals surface area contributed by atoms with Gasteiger partial charge in [0.1, 0.15) is 5.82 Å². The highest BCUT2D eigenvalue weighted by Gasteiger charge is 2.14. The Morgan fingerprint density at radius 1 is 1.32 bits per heavy atom. The summed E-state index contributed by atoms with van der Waals surface area (Å²) in [4.78, 5) is 11.1. The van der Waals surface area contributed by atoms with E-state index in [4.69, 9.17) is 0 Å². The van der Waals surface area contributed by atoms with Crippen molar-refractivity contribution in [3.05, 3.63) is 12.3 Å². The molecule has 0 aliphatic carbocycles. The molecule has 2 heterocycles. The summed E-state index contributed by atoms with van der Waals surface area (Å²) in [5, 5.41) is 6.52. The predicted octanol–water partition coefficient (Wildman–Crippen LogP) is 2.05. The Morgan fingerprint density at radius 3 is 2.84 bits per heavy atom. The summed E-state index contributed by atoms with van der Waals surface area (Å²) in [6.07, 6.45) is 4.51. The smallest absolute Gasteiger partial charge is 0.224 e. The first-order chi connectivity index (χ1) is 9.28. The van der Waals surface area contributed by atoms with Crippen LogP contribution in [0.3, 0.4) is 0 Å². The normalized spacial score (nSPS) is 17.4. The fraction of sp³-hybridized carbons (Fsp3) is 0.714. The molecule has 0 bridgehead atoms. The van der Waals surface area contributed by atoms with Crippen molar-refractivity contribution in [3.8, 4) is 0 Å². The van der Waals surface area contributed by atoms with Gasteiger partial charge in [0, 0.05) is 25.8 Å². The number of hydrogen-bond acceptors (Lipinski definition) is 5. The van der Waals surface area contributed by atoms with E-state index in [1.54, 1.807) is 6.20 Å². The predicted molar refractivity (Wildman–Crippen MR) is 79.5 cm³/mol. The van der Waals surface area contributed by atoms with Crippen LogP contribution in [0.1, 0.15) is 26.7 Å². The molecule has 1 atom stereocenters. The minimum absolute atomic E-state index is 0.635. The van der Waals surface area contributed by atoms with E-state index in [-0.39, 0.29) is 0 Å². The third kappa shape index (κ3) is 4.67. The van der Waals surface area contributed by atoms with Crippen LogP contribution in [-0.4, -0.2) is 47.6 Å². The van der Waals surface area contributed by atoms with Crippen molar-refractivity contribution in [3.63, 3.8) is 0 Å². The summed E-state index contributed by atoms with van der Waals surface area (Å²) in [5.74, 6) is 2.23. The van der Waals surface area contributed by atoms with Gasteiger partial charge >= 0.3 is 0 Å². The molecule has 19 heavy (non-hydrogen) atoms. The average molecular weight is 263 g/mol. The van der Waals surface area contributed by atoms with Gasteiger partial charge in [0.15, 0.2) is 0 Å². The van der Waals surface area contributed by atoms with Crippen molar-refractivity contribution in [2.75, 3.05) is 43.4 Å². The van der Waals surface area contributed by atoms with Gasteiger partial charge in [0.25, 0.3) is 0 Å². The second-order valence-corrected chi connectivity index (χ2v) is 5.29. The second-order valence-electron chi connectivity index (χ2n) is 5.29. The largest absolute Gasteiger partial charge is 0.370 e. The Kier molecular flexibility index (Phi) is 5.39. The van der Waals surface area contributed by atoms with Crippen molar-refractivity contribution >= 4 is 11.8 Å². The summed E-state index contributed by atoms with van der Waals surface area (Å²) in [5.41, 5.74) is 0. The van der Waals surface area contributed by atoms with Gasteiger partial charge in [0.05, 0.1) is 0 Å². The number of aromatic nitrogens is 2. The van der Waals surface area contributed by atoms with E-state index in [1.807, 2.05) is 13.0 Å². The third-order valence-electron chi connectivity index (χ3n) is 3.39. The van der Waals surface area contributed by atoms with Crippen molar-refractivity contribution < 1.29 is 0 Å². The molecule has 1 aromatic rings. The molecule has 0 amide bonds. The summed E-state index contributed by atoms with van der Waals surface area (Å²) in [6.45, 7) is 9.84. The van der Waals surface area contributed by atoms with Crippen LogP contribution in [0.4, 0.5) is 11.8 Å². The van der Waals surface area contributed by atoms with Crippen molar-refractivity contribution in [2.24, 2.45) is 5.92 Å². The van der Waals surface area contributed by atoms with Gasteiger partial charge in [-0.15, -0.1) is 0 Å². The quantitative estimate of drug-likeness (QED) is 0.788. The van der Waals surface area contributed by atoms with Crippen LogP contribution in [0.2, 0.25) is 0 Å². The van der Waals surface area contributed by atoms with E-state index in [2.05, 4.69) is 32.4 Å².